The number of hydrogen-bond donors (Lipinski definition) is 1. The first-order valence-electron chi connectivity index (χ1n) is 8.19. The number of fused-ring (bicyclic) bond motifs is 1. The van der Waals surface area contributed by atoms with Crippen molar-refractivity contribution in [3.05, 3.63) is 53.6 Å². The second-order valence-electron chi connectivity index (χ2n) is 6.94. The molecule has 1 N–H and O–H groups in total. The topological polar surface area (TPSA) is 68.3 Å². The second kappa shape index (κ2) is 6.88. The van der Waals surface area contributed by atoms with Gasteiger partial charge in [-0.05, 0) is 23.1 Å². The summed E-state index contributed by atoms with van der Waals surface area (Å²) < 4.78 is 6.14. The third kappa shape index (κ3) is 3.60. The molecule has 0 spiro atoms. The minimum absolute atomic E-state index is 0.0100. The van der Waals surface area contributed by atoms with Crippen molar-refractivity contribution < 1.29 is 14.3 Å². The average Bonchev–Trinajstić information content (AvgIpc) is 3.02. The van der Waals surface area contributed by atoms with Gasteiger partial charge in [-0.1, -0.05) is 62.4 Å². The molecular formula is C20H20N2O3S. The molecule has 2 aromatic carbocycles. The lowest BCUT2D eigenvalue weighted by Gasteiger charge is -2.18. The predicted molar refractivity (Wildman–Crippen MR) is 104 cm³/mol. The molecule has 0 aliphatic heterocycles. The number of amides is 1. The molecule has 26 heavy (non-hydrogen) atoms. The van der Waals surface area contributed by atoms with E-state index in [2.05, 4.69) is 31.1 Å². The number of ether oxygens (including phenoxy) is 1. The van der Waals surface area contributed by atoms with Gasteiger partial charge in [0.1, 0.15) is 11.3 Å². The van der Waals surface area contributed by atoms with E-state index in [-0.39, 0.29) is 5.41 Å². The van der Waals surface area contributed by atoms with E-state index in [1.54, 1.807) is 25.3 Å². The van der Waals surface area contributed by atoms with Crippen LogP contribution in [0.2, 0.25) is 0 Å². The second-order valence-corrected chi connectivity index (χ2v) is 7.97. The van der Waals surface area contributed by atoms with Gasteiger partial charge in [-0.3, -0.25) is 14.9 Å². The van der Waals surface area contributed by atoms with E-state index in [0.717, 1.165) is 10.3 Å². The van der Waals surface area contributed by atoms with E-state index in [4.69, 9.17) is 4.74 Å². The Labute approximate surface area is 156 Å². The van der Waals surface area contributed by atoms with Crippen molar-refractivity contribution >= 4 is 38.4 Å². The van der Waals surface area contributed by atoms with Crippen molar-refractivity contribution in [1.82, 2.24) is 4.98 Å². The van der Waals surface area contributed by atoms with Gasteiger partial charge in [0, 0.05) is 5.56 Å². The molecule has 1 heterocycles. The van der Waals surface area contributed by atoms with Gasteiger partial charge in [-0.25, -0.2) is 4.98 Å². The van der Waals surface area contributed by atoms with Gasteiger partial charge in [-0.2, -0.15) is 0 Å². The summed E-state index contributed by atoms with van der Waals surface area (Å²) in [4.78, 5) is 29.0. The van der Waals surface area contributed by atoms with E-state index in [1.165, 1.54) is 11.3 Å². The number of nitrogens with one attached hydrogen (secondary N) is 1. The Balaban J connectivity index is 1.78. The largest absolute Gasteiger partial charge is 0.494 e. The van der Waals surface area contributed by atoms with Crippen LogP contribution in [0.5, 0.6) is 5.75 Å². The highest BCUT2D eigenvalue weighted by molar-refractivity contribution is 7.22. The minimum Gasteiger partial charge on any atom is -0.494 e. The number of para-hydroxylation sites is 1. The number of carbonyl (C=O) groups excluding carboxylic acids is 2. The Morgan fingerprint density at radius 2 is 1.77 bits per heavy atom. The molecule has 0 aliphatic carbocycles. The van der Waals surface area contributed by atoms with Crippen LogP contribution in [0, 0.1) is 0 Å². The fraction of sp³-hybridized carbons (Fsp3) is 0.250. The molecule has 0 unspecified atom stereocenters. The lowest BCUT2D eigenvalue weighted by Crippen LogP contribution is -2.23. The summed E-state index contributed by atoms with van der Waals surface area (Å²) in [5, 5.41) is 2.96. The Bertz CT molecular complexity index is 969. The summed E-state index contributed by atoms with van der Waals surface area (Å²) in [5.74, 6) is -0.661. The van der Waals surface area contributed by atoms with Gasteiger partial charge < -0.3 is 4.74 Å². The van der Waals surface area contributed by atoms with E-state index >= 15 is 0 Å². The smallest absolute Gasteiger partial charge is 0.298 e. The quantitative estimate of drug-likeness (QED) is 0.547. The molecule has 6 heteroatoms. The van der Waals surface area contributed by atoms with Gasteiger partial charge in [0.2, 0.25) is 0 Å². The normalized spacial score (nSPS) is 11.4. The van der Waals surface area contributed by atoms with Crippen molar-refractivity contribution in [2.24, 2.45) is 0 Å². The van der Waals surface area contributed by atoms with Crippen molar-refractivity contribution in [1.29, 1.82) is 0 Å². The van der Waals surface area contributed by atoms with Crippen LogP contribution in [0.25, 0.3) is 10.2 Å². The summed E-state index contributed by atoms with van der Waals surface area (Å²) in [7, 11) is 1.57. The average molecular weight is 368 g/mol. The molecule has 5 nitrogen and oxygen atoms in total. The van der Waals surface area contributed by atoms with Gasteiger partial charge in [-0.15, -0.1) is 0 Å². The van der Waals surface area contributed by atoms with Crippen LogP contribution in [0.3, 0.4) is 0 Å². The predicted octanol–water partition coefficient (Wildman–Crippen LogP) is 4.42. The molecule has 0 aliphatic rings. The van der Waals surface area contributed by atoms with Crippen molar-refractivity contribution in [2.75, 3.05) is 12.4 Å². The molecule has 0 saturated carbocycles. The maximum Gasteiger partial charge on any atom is 0.298 e. The number of hydrogen-bond acceptors (Lipinski definition) is 5. The van der Waals surface area contributed by atoms with E-state index in [1.807, 2.05) is 24.3 Å². The van der Waals surface area contributed by atoms with Crippen LogP contribution in [0.4, 0.5) is 5.13 Å². The standard InChI is InChI=1S/C20H20N2O3S/c1-20(2,3)13-10-8-12(9-11-13)17(23)18(24)22-19-21-16-14(25-4)6-5-7-15(16)26-19/h5-11H,1-4H3,(H,21,22,24). The Morgan fingerprint density at radius 3 is 2.38 bits per heavy atom. The monoisotopic (exact) mass is 368 g/mol. The molecule has 0 atom stereocenters. The Hall–Kier alpha value is -2.73. The molecule has 3 rings (SSSR count). The highest BCUT2D eigenvalue weighted by Gasteiger charge is 2.20. The fourth-order valence-corrected chi connectivity index (χ4v) is 3.43. The zero-order valence-electron chi connectivity index (χ0n) is 15.1. The first-order valence-corrected chi connectivity index (χ1v) is 9.01. The third-order valence-corrected chi connectivity index (χ3v) is 4.98. The van der Waals surface area contributed by atoms with Crippen molar-refractivity contribution in [3.8, 4) is 5.75 Å². The molecule has 0 fully saturated rings. The van der Waals surface area contributed by atoms with Crippen LogP contribution in [-0.2, 0) is 10.2 Å². The highest BCUT2D eigenvalue weighted by atomic mass is 32.1. The van der Waals surface area contributed by atoms with Crippen LogP contribution >= 0.6 is 11.3 Å². The van der Waals surface area contributed by atoms with Gasteiger partial charge in [0.05, 0.1) is 11.8 Å². The first-order chi connectivity index (χ1) is 12.3. The van der Waals surface area contributed by atoms with E-state index in [9.17, 15) is 9.59 Å². The molecule has 1 amide bonds. The summed E-state index contributed by atoms with van der Waals surface area (Å²) in [6.45, 7) is 6.29. The number of methoxy groups -OCH3 is 1. The number of ketones is 1. The summed E-state index contributed by atoms with van der Waals surface area (Å²) >= 11 is 1.30. The zero-order chi connectivity index (χ0) is 18.9. The maximum absolute atomic E-state index is 12.4. The van der Waals surface area contributed by atoms with Crippen LogP contribution < -0.4 is 10.1 Å². The molecule has 0 saturated heterocycles. The molecule has 1 aromatic heterocycles. The third-order valence-electron chi connectivity index (χ3n) is 4.04. The molecule has 0 bridgehead atoms. The van der Waals surface area contributed by atoms with Gasteiger partial charge in [0.25, 0.3) is 11.7 Å². The lowest BCUT2D eigenvalue weighted by molar-refractivity contribution is -0.112. The number of aromatic nitrogens is 1. The van der Waals surface area contributed by atoms with Crippen molar-refractivity contribution in [3.63, 3.8) is 0 Å². The minimum atomic E-state index is -0.702. The maximum atomic E-state index is 12.4. The van der Waals surface area contributed by atoms with E-state index in [0.29, 0.717) is 22.0 Å². The van der Waals surface area contributed by atoms with Crippen molar-refractivity contribution in [2.45, 2.75) is 26.2 Å². The van der Waals surface area contributed by atoms with Crippen LogP contribution in [-0.4, -0.2) is 23.8 Å². The summed E-state index contributed by atoms with van der Waals surface area (Å²) in [6.07, 6.45) is 0. The first kappa shape index (κ1) is 18.1. The van der Waals surface area contributed by atoms with Crippen LogP contribution in [0.1, 0.15) is 36.7 Å². The SMILES string of the molecule is COc1cccc2sc(NC(=O)C(=O)c3ccc(C(C)(C)C)cc3)nc12. The summed E-state index contributed by atoms with van der Waals surface area (Å²) in [6, 6.07) is 12.7. The lowest BCUT2D eigenvalue weighted by atomic mass is 9.86. The fourth-order valence-electron chi connectivity index (χ4n) is 2.55. The number of Topliss-reactive ketones (excluding diaryl/α,β-unsaturated/α-hetero) is 1. The van der Waals surface area contributed by atoms with Gasteiger partial charge >= 0.3 is 0 Å². The number of anilines is 1. The number of benzene rings is 2. The van der Waals surface area contributed by atoms with Crippen LogP contribution in [0.15, 0.2) is 42.5 Å². The number of thiazole rings is 1. The summed E-state index contributed by atoms with van der Waals surface area (Å²) in [5.41, 5.74) is 2.11. The molecule has 0 radical (unpaired) electrons. The van der Waals surface area contributed by atoms with E-state index < -0.39 is 11.7 Å². The number of nitrogens with zero attached hydrogens (tertiary/aromatic N) is 1. The number of carbonyl (C=O) groups is 2. The van der Waals surface area contributed by atoms with Gasteiger partial charge in [0.15, 0.2) is 5.13 Å². The Morgan fingerprint density at radius 1 is 1.08 bits per heavy atom. The number of rotatable bonds is 4. The zero-order valence-corrected chi connectivity index (χ0v) is 15.9. The molecule has 134 valence electrons. The molecule has 3 aromatic rings. The Kier molecular flexibility index (Phi) is 4.78. The highest BCUT2D eigenvalue weighted by Crippen LogP contribution is 2.32. The molecular weight excluding hydrogens is 348 g/mol.